The van der Waals surface area contributed by atoms with Crippen molar-refractivity contribution in [1.29, 1.82) is 0 Å². The fourth-order valence-corrected chi connectivity index (χ4v) is 9.18. The van der Waals surface area contributed by atoms with Gasteiger partial charge in [-0.3, -0.25) is 14.5 Å². The molecule has 1 saturated heterocycles. The van der Waals surface area contributed by atoms with Gasteiger partial charge in [0, 0.05) is 16.7 Å². The molecule has 0 unspecified atom stereocenters. The van der Waals surface area contributed by atoms with Gasteiger partial charge < -0.3 is 10.1 Å². The van der Waals surface area contributed by atoms with Crippen LogP contribution in [0.3, 0.4) is 0 Å². The topological polar surface area (TPSA) is 112 Å². The first-order valence-corrected chi connectivity index (χ1v) is 19.7. The Labute approximate surface area is 331 Å². The first-order valence-electron chi connectivity index (χ1n) is 18.6. The Hall–Kier alpha value is -6.01. The lowest BCUT2D eigenvalue weighted by Gasteiger charge is -2.50. The number of β-lactam (4-membered cyclic amide) rings is 1. The van der Waals surface area contributed by atoms with Crippen molar-refractivity contribution in [3.63, 3.8) is 0 Å². The van der Waals surface area contributed by atoms with Crippen LogP contribution in [-0.4, -0.2) is 51.2 Å². The number of rotatable bonds is 10. The highest BCUT2D eigenvalue weighted by molar-refractivity contribution is 8.00. The monoisotopic (exact) mass is 768 g/mol. The van der Waals surface area contributed by atoms with Crippen LogP contribution in [0.2, 0.25) is 0 Å². The maximum Gasteiger partial charge on any atom is 0.437 e. The van der Waals surface area contributed by atoms with E-state index in [0.717, 1.165) is 66.6 Å². The number of amides is 3. The molecule has 2 atom stereocenters. The van der Waals surface area contributed by atoms with E-state index < -0.39 is 12.1 Å². The maximum absolute atomic E-state index is 14.0. The number of carbonyl (C=O) groups is 3. The molecule has 3 amide bonds. The molecule has 0 spiro atoms. The van der Waals surface area contributed by atoms with E-state index in [4.69, 9.17) is 9.85 Å². The quantitative estimate of drug-likeness (QED) is 0.0667. The van der Waals surface area contributed by atoms with Crippen LogP contribution in [0.15, 0.2) is 119 Å². The third-order valence-corrected chi connectivity index (χ3v) is 11.5. The molecule has 1 aromatic heterocycles. The van der Waals surface area contributed by atoms with Crippen LogP contribution in [0.5, 0.6) is 0 Å². The summed E-state index contributed by atoms with van der Waals surface area (Å²) in [6.07, 6.45) is 3.43. The third-order valence-electron chi connectivity index (χ3n) is 10.2. The van der Waals surface area contributed by atoms with Gasteiger partial charge in [-0.05, 0) is 94.0 Å². The van der Waals surface area contributed by atoms with Crippen molar-refractivity contribution in [1.82, 2.24) is 14.8 Å². The Morgan fingerprint density at radius 1 is 0.875 bits per heavy atom. The summed E-state index contributed by atoms with van der Waals surface area (Å²) in [4.78, 5) is 41.7. The average molecular weight is 769 g/mol. The van der Waals surface area contributed by atoms with Crippen LogP contribution in [0.4, 0.5) is 16.4 Å². The third kappa shape index (κ3) is 7.61. The predicted octanol–water partition coefficient (Wildman–Crippen LogP) is 8.16. The van der Waals surface area contributed by atoms with Crippen LogP contribution < -0.4 is 14.9 Å². The Bertz CT molecular complexity index is 2270. The van der Waals surface area contributed by atoms with Crippen molar-refractivity contribution >= 4 is 41.3 Å². The minimum absolute atomic E-state index is 0.0437. The molecule has 0 radical (unpaired) electrons. The molecule has 11 nitrogen and oxygen atoms in total. The van der Waals surface area contributed by atoms with Gasteiger partial charge in [0.2, 0.25) is 5.91 Å². The molecule has 0 aliphatic carbocycles. The second-order valence-corrected chi connectivity index (χ2v) is 15.6. The number of para-hydroxylation sites is 1. The first kappa shape index (κ1) is 38.3. The standard InChI is InChI=1S/C44H45N7O4S/c1-27-20-29(3)39(30(4)21-27)48-18-19-49(40-31(5)22-28(2)23-32(40)6)43(48)46-47-51(36-16-12-9-13-17-36)44(54)55-25-35-26-56-42-38(41(53)50(42)33(35)7)45-37(52)24-34-14-10-8-11-15-34/h8-23,38,42H,24-26H2,1-7H3/p+1/t38-,42-/m1/s1. The lowest BCUT2D eigenvalue weighted by molar-refractivity contribution is -0.581. The number of nitrogens with zero attached hydrogens (tertiary/aromatic N) is 6. The molecule has 56 heavy (non-hydrogen) atoms. The second-order valence-electron chi connectivity index (χ2n) is 14.5. The Balaban J connectivity index is 1.15. The molecule has 3 heterocycles. The summed E-state index contributed by atoms with van der Waals surface area (Å²) in [7, 11) is 0. The number of hydrogen-bond acceptors (Lipinski definition) is 7. The van der Waals surface area contributed by atoms with Gasteiger partial charge in [-0.15, -0.1) is 16.8 Å². The summed E-state index contributed by atoms with van der Waals surface area (Å²) in [5.74, 6) is 0.652. The zero-order chi connectivity index (χ0) is 39.7. The number of allylic oxidation sites excluding steroid dienone is 1. The maximum atomic E-state index is 14.0. The van der Waals surface area contributed by atoms with E-state index in [9.17, 15) is 14.4 Å². The molecule has 1 N–H and O–H groups in total. The van der Waals surface area contributed by atoms with Crippen molar-refractivity contribution in [2.45, 2.75) is 66.3 Å². The smallest absolute Gasteiger partial charge is 0.437 e. The first-order chi connectivity index (χ1) is 26.9. The number of thioether (sulfide) groups is 1. The molecule has 7 rings (SSSR count). The number of aromatic nitrogens is 2. The number of carbonyl (C=O) groups excluding carboxylic acids is 3. The number of fused-ring (bicyclic) bond motifs is 1. The minimum Gasteiger partial charge on any atom is -0.443 e. The molecule has 286 valence electrons. The number of benzene rings is 4. The highest BCUT2D eigenvalue weighted by atomic mass is 32.2. The van der Waals surface area contributed by atoms with Crippen molar-refractivity contribution < 1.29 is 23.7 Å². The molecule has 12 heteroatoms. The summed E-state index contributed by atoms with van der Waals surface area (Å²) in [5.41, 5.74) is 11.5. The number of hydrogen-bond donors (Lipinski definition) is 1. The molecule has 1 fully saturated rings. The van der Waals surface area contributed by atoms with Crippen LogP contribution in [-0.2, 0) is 20.7 Å². The molecule has 5 aromatic rings. The van der Waals surface area contributed by atoms with Crippen molar-refractivity contribution in [3.8, 4) is 11.4 Å². The average Bonchev–Trinajstić information content (AvgIpc) is 3.55. The van der Waals surface area contributed by atoms with Crippen molar-refractivity contribution in [3.05, 3.63) is 148 Å². The minimum atomic E-state index is -0.719. The van der Waals surface area contributed by atoms with E-state index in [1.807, 2.05) is 77.0 Å². The Kier molecular flexibility index (Phi) is 10.9. The van der Waals surface area contributed by atoms with Gasteiger partial charge in [0.25, 0.3) is 5.91 Å². The Morgan fingerprint density at radius 3 is 2.12 bits per heavy atom. The second kappa shape index (κ2) is 16.0. The highest BCUT2D eigenvalue weighted by Gasteiger charge is 2.51. The molecule has 4 aromatic carbocycles. The van der Waals surface area contributed by atoms with E-state index >= 15 is 0 Å². The zero-order valence-corrected chi connectivity index (χ0v) is 33.6. The molecular formula is C44H46N7O4S+. The molecule has 2 aliphatic heterocycles. The summed E-state index contributed by atoms with van der Waals surface area (Å²) < 4.78 is 9.92. The number of anilines is 1. The van der Waals surface area contributed by atoms with Crippen molar-refractivity contribution in [2.24, 2.45) is 10.3 Å². The number of nitrogens with one attached hydrogen (secondary N) is 1. The van der Waals surface area contributed by atoms with E-state index in [0.29, 0.717) is 17.4 Å². The number of ether oxygens (including phenoxy) is 1. The van der Waals surface area contributed by atoms with Crippen LogP contribution in [0.1, 0.15) is 45.9 Å². The van der Waals surface area contributed by atoms with Gasteiger partial charge >= 0.3 is 12.0 Å². The number of imidazole rings is 1. The van der Waals surface area contributed by atoms with E-state index in [-0.39, 0.29) is 30.2 Å². The van der Waals surface area contributed by atoms with Crippen LogP contribution >= 0.6 is 11.8 Å². The van der Waals surface area contributed by atoms with Gasteiger partial charge in [0.15, 0.2) is 0 Å². The molecular weight excluding hydrogens is 723 g/mol. The predicted molar refractivity (Wildman–Crippen MR) is 218 cm³/mol. The van der Waals surface area contributed by atoms with E-state index in [2.05, 4.69) is 76.3 Å². The lowest BCUT2D eigenvalue weighted by atomic mass is 10.0. The van der Waals surface area contributed by atoms with Crippen LogP contribution in [0.25, 0.3) is 11.4 Å². The SMILES string of the molecule is CC1=C(COC(=O)N(N=Nc2n(-c3c(C)cc(C)cc3C)cc[n+]2-c2c(C)cc(C)cc2C)c2ccccc2)CS[C@@H]2[C@H](NC(=O)Cc3ccccc3)C(=O)N12. The van der Waals surface area contributed by atoms with Crippen molar-refractivity contribution in [2.75, 3.05) is 17.4 Å². The summed E-state index contributed by atoms with van der Waals surface area (Å²) in [6.45, 7) is 14.3. The molecule has 0 saturated carbocycles. The molecule has 2 aliphatic rings. The zero-order valence-electron chi connectivity index (χ0n) is 32.7. The summed E-state index contributed by atoms with van der Waals surface area (Å²) >= 11 is 1.54. The van der Waals surface area contributed by atoms with Crippen LogP contribution in [0, 0.1) is 41.5 Å². The summed E-state index contributed by atoms with van der Waals surface area (Å²) in [5, 5.41) is 13.2. The van der Waals surface area contributed by atoms with Gasteiger partial charge in [-0.2, -0.15) is 9.13 Å². The molecule has 0 bridgehead atoms. The lowest BCUT2D eigenvalue weighted by Crippen LogP contribution is -2.69. The van der Waals surface area contributed by atoms with E-state index in [1.165, 1.54) is 11.8 Å². The van der Waals surface area contributed by atoms with Gasteiger partial charge in [0.1, 0.15) is 41.8 Å². The van der Waals surface area contributed by atoms with E-state index in [1.54, 1.807) is 17.0 Å². The summed E-state index contributed by atoms with van der Waals surface area (Å²) in [6, 6.07) is 26.4. The number of aryl methyl sites for hydroxylation is 6. The van der Waals surface area contributed by atoms with Gasteiger partial charge in [0.05, 0.1) is 17.2 Å². The highest BCUT2D eigenvalue weighted by Crippen LogP contribution is 2.40. The normalized spacial score (nSPS) is 16.5. The Morgan fingerprint density at radius 2 is 1.48 bits per heavy atom. The van der Waals surface area contributed by atoms with Gasteiger partial charge in [-0.1, -0.05) is 83.9 Å². The largest absolute Gasteiger partial charge is 0.443 e. The fraction of sp³-hybridized carbons (Fsp3) is 0.273. The fourth-order valence-electron chi connectivity index (χ4n) is 7.73. The van der Waals surface area contributed by atoms with Gasteiger partial charge in [-0.25, -0.2) is 4.79 Å².